The zero-order valence-electron chi connectivity index (χ0n) is 16.1. The lowest BCUT2D eigenvalue weighted by molar-refractivity contribution is -0.906. The number of anilines is 1. The Morgan fingerprint density at radius 2 is 1.96 bits per heavy atom. The summed E-state index contributed by atoms with van der Waals surface area (Å²) in [6.45, 7) is 10.3. The molecule has 1 aliphatic heterocycles. The molecule has 4 rings (SSSR count). The highest BCUT2D eigenvalue weighted by atomic mass is 16.5. The number of aromatic nitrogens is 3. The van der Waals surface area contributed by atoms with Crippen LogP contribution >= 0.6 is 0 Å². The number of fused-ring (bicyclic) bond motifs is 1. The highest BCUT2D eigenvalue weighted by Crippen LogP contribution is 2.27. The Labute approximate surface area is 160 Å². The number of quaternary nitrogens is 1. The van der Waals surface area contributed by atoms with Crippen LogP contribution in [0.4, 0.5) is 5.82 Å². The predicted molar refractivity (Wildman–Crippen MR) is 107 cm³/mol. The number of benzene rings is 1. The number of rotatable bonds is 6. The van der Waals surface area contributed by atoms with Crippen LogP contribution in [0.2, 0.25) is 0 Å². The highest BCUT2D eigenvalue weighted by molar-refractivity contribution is 5.78. The largest absolute Gasteiger partial charge is 0.370 e. The molecule has 0 amide bonds. The van der Waals surface area contributed by atoms with Crippen molar-refractivity contribution in [2.45, 2.75) is 19.8 Å². The molecule has 2 aromatic heterocycles. The summed E-state index contributed by atoms with van der Waals surface area (Å²) in [5.41, 5.74) is 4.21. The lowest BCUT2D eigenvalue weighted by atomic mass is 10.1. The molecule has 0 saturated carbocycles. The summed E-state index contributed by atoms with van der Waals surface area (Å²) >= 11 is 0. The minimum absolute atomic E-state index is 0.360. The Bertz CT molecular complexity index is 884. The molecule has 6 heteroatoms. The molecule has 6 nitrogen and oxygen atoms in total. The van der Waals surface area contributed by atoms with Crippen LogP contribution in [0.5, 0.6) is 0 Å². The molecular weight excluding hydrogens is 338 g/mol. The molecule has 3 heterocycles. The second kappa shape index (κ2) is 8.06. The molecule has 1 saturated heterocycles. The number of ether oxygens (including phenoxy) is 1. The zero-order valence-corrected chi connectivity index (χ0v) is 16.1. The monoisotopic (exact) mass is 366 g/mol. The van der Waals surface area contributed by atoms with Crippen molar-refractivity contribution >= 4 is 11.5 Å². The molecule has 27 heavy (non-hydrogen) atoms. The first-order valence-corrected chi connectivity index (χ1v) is 9.81. The number of hydrogen-bond acceptors (Lipinski definition) is 4. The van der Waals surface area contributed by atoms with E-state index in [2.05, 4.69) is 54.6 Å². The Morgan fingerprint density at radius 3 is 2.70 bits per heavy atom. The van der Waals surface area contributed by atoms with Gasteiger partial charge < -0.3 is 15.0 Å². The fraction of sp³-hybridized carbons (Fsp3) is 0.429. The highest BCUT2D eigenvalue weighted by Gasteiger charge is 2.16. The van der Waals surface area contributed by atoms with Crippen molar-refractivity contribution in [2.24, 2.45) is 0 Å². The van der Waals surface area contributed by atoms with E-state index >= 15 is 0 Å². The third-order valence-corrected chi connectivity index (χ3v) is 5.15. The van der Waals surface area contributed by atoms with Gasteiger partial charge in [0.2, 0.25) is 0 Å². The smallest absolute Gasteiger partial charge is 0.165 e. The van der Waals surface area contributed by atoms with Crippen molar-refractivity contribution in [1.82, 2.24) is 14.6 Å². The van der Waals surface area contributed by atoms with E-state index in [1.54, 1.807) is 4.90 Å². The number of nitrogens with zero attached hydrogens (tertiary/aromatic N) is 3. The Morgan fingerprint density at radius 1 is 1.19 bits per heavy atom. The van der Waals surface area contributed by atoms with E-state index in [1.807, 2.05) is 16.8 Å². The molecule has 142 valence electrons. The molecule has 3 aromatic rings. The quantitative estimate of drug-likeness (QED) is 0.699. The fourth-order valence-electron chi connectivity index (χ4n) is 3.50. The standard InChI is InChI=1S/C21H27N5O/c1-16(2)19-14-20(22-8-9-25-10-12-27-13-11-25)26-21(24-19)18(15-23-26)17-6-4-3-5-7-17/h3-7,14-16,22H,8-13H2,1-2H3/p+1. The molecule has 0 bridgehead atoms. The van der Waals surface area contributed by atoms with Crippen LogP contribution in [0.25, 0.3) is 16.8 Å². The van der Waals surface area contributed by atoms with Gasteiger partial charge in [0.05, 0.1) is 32.5 Å². The second-order valence-corrected chi connectivity index (χ2v) is 7.42. The van der Waals surface area contributed by atoms with Crippen LogP contribution < -0.4 is 10.2 Å². The fourth-order valence-corrected chi connectivity index (χ4v) is 3.50. The van der Waals surface area contributed by atoms with E-state index < -0.39 is 0 Å². The van der Waals surface area contributed by atoms with Gasteiger partial charge in [0.15, 0.2) is 5.65 Å². The Hall–Kier alpha value is -2.44. The molecule has 0 radical (unpaired) electrons. The van der Waals surface area contributed by atoms with Crippen LogP contribution in [0.3, 0.4) is 0 Å². The Kier molecular flexibility index (Phi) is 5.36. The normalized spacial score (nSPS) is 15.5. The van der Waals surface area contributed by atoms with Crippen LogP contribution in [-0.2, 0) is 4.74 Å². The van der Waals surface area contributed by atoms with E-state index in [4.69, 9.17) is 9.72 Å². The van der Waals surface area contributed by atoms with E-state index in [1.165, 1.54) is 0 Å². The molecule has 0 unspecified atom stereocenters. The minimum Gasteiger partial charge on any atom is -0.370 e. The van der Waals surface area contributed by atoms with E-state index in [0.717, 1.165) is 67.7 Å². The van der Waals surface area contributed by atoms with E-state index in [0.29, 0.717) is 5.92 Å². The molecule has 0 aliphatic carbocycles. The third-order valence-electron chi connectivity index (χ3n) is 5.15. The molecule has 1 aliphatic rings. The molecule has 2 N–H and O–H groups in total. The Balaban J connectivity index is 1.62. The summed E-state index contributed by atoms with van der Waals surface area (Å²) in [6.07, 6.45) is 1.92. The first kappa shape index (κ1) is 17.9. The average molecular weight is 366 g/mol. The molecule has 1 fully saturated rings. The van der Waals surface area contributed by atoms with Gasteiger partial charge in [-0.25, -0.2) is 4.98 Å². The number of nitrogens with one attached hydrogen (secondary N) is 2. The number of hydrogen-bond donors (Lipinski definition) is 2. The summed E-state index contributed by atoms with van der Waals surface area (Å²) in [5, 5.41) is 8.22. The van der Waals surface area contributed by atoms with Gasteiger partial charge >= 0.3 is 0 Å². The average Bonchev–Trinajstić information content (AvgIpc) is 3.13. The summed E-state index contributed by atoms with van der Waals surface area (Å²) in [5.74, 6) is 1.37. The van der Waals surface area contributed by atoms with E-state index in [9.17, 15) is 0 Å². The number of morpholine rings is 1. The molecule has 0 atom stereocenters. The van der Waals surface area contributed by atoms with Gasteiger partial charge in [-0.1, -0.05) is 44.2 Å². The van der Waals surface area contributed by atoms with Crippen molar-refractivity contribution in [3.63, 3.8) is 0 Å². The van der Waals surface area contributed by atoms with Crippen molar-refractivity contribution in [3.8, 4) is 11.1 Å². The summed E-state index contributed by atoms with van der Waals surface area (Å²) < 4.78 is 7.38. The van der Waals surface area contributed by atoms with Gasteiger partial charge in [-0.2, -0.15) is 9.61 Å². The van der Waals surface area contributed by atoms with E-state index in [-0.39, 0.29) is 0 Å². The molecular formula is C21H28N5O+. The zero-order chi connectivity index (χ0) is 18.6. The predicted octanol–water partition coefficient (Wildman–Crippen LogP) is 1.85. The first-order chi connectivity index (χ1) is 13.2. The van der Waals surface area contributed by atoms with Gasteiger partial charge in [0, 0.05) is 17.3 Å². The lowest BCUT2D eigenvalue weighted by Crippen LogP contribution is -3.14. The van der Waals surface area contributed by atoms with Crippen molar-refractivity contribution in [3.05, 3.63) is 48.3 Å². The molecule has 0 spiro atoms. The maximum absolute atomic E-state index is 5.45. The lowest BCUT2D eigenvalue weighted by Gasteiger charge is -2.24. The van der Waals surface area contributed by atoms with Crippen LogP contribution in [0, 0.1) is 0 Å². The maximum atomic E-state index is 5.45. The summed E-state index contributed by atoms with van der Waals surface area (Å²) in [6, 6.07) is 12.5. The summed E-state index contributed by atoms with van der Waals surface area (Å²) in [4.78, 5) is 6.50. The topological polar surface area (TPSA) is 55.9 Å². The van der Waals surface area contributed by atoms with Crippen molar-refractivity contribution in [2.75, 3.05) is 44.7 Å². The van der Waals surface area contributed by atoms with Gasteiger partial charge in [-0.05, 0) is 11.5 Å². The summed E-state index contributed by atoms with van der Waals surface area (Å²) in [7, 11) is 0. The van der Waals surface area contributed by atoms with Crippen molar-refractivity contribution < 1.29 is 9.64 Å². The van der Waals surface area contributed by atoms with Crippen LogP contribution in [0.15, 0.2) is 42.6 Å². The van der Waals surface area contributed by atoms with Gasteiger partial charge in [-0.15, -0.1) is 0 Å². The third kappa shape index (κ3) is 3.96. The molecule has 1 aromatic carbocycles. The second-order valence-electron chi connectivity index (χ2n) is 7.42. The van der Waals surface area contributed by atoms with Gasteiger partial charge in [-0.3, -0.25) is 0 Å². The maximum Gasteiger partial charge on any atom is 0.165 e. The van der Waals surface area contributed by atoms with Crippen LogP contribution in [0.1, 0.15) is 25.5 Å². The van der Waals surface area contributed by atoms with Gasteiger partial charge in [0.25, 0.3) is 0 Å². The SMILES string of the molecule is CC(C)c1cc(NCC[NH+]2CCOCC2)n2ncc(-c3ccccc3)c2n1. The van der Waals surface area contributed by atoms with Crippen LogP contribution in [-0.4, -0.2) is 54.0 Å². The minimum atomic E-state index is 0.360. The van der Waals surface area contributed by atoms with Gasteiger partial charge in [0.1, 0.15) is 18.9 Å². The first-order valence-electron chi connectivity index (χ1n) is 9.81. The van der Waals surface area contributed by atoms with Crippen molar-refractivity contribution in [1.29, 1.82) is 0 Å².